The van der Waals surface area contributed by atoms with Crippen LogP contribution >= 0.6 is 0 Å². The Morgan fingerprint density at radius 1 is 0.265 bits per heavy atom. The Morgan fingerprint density at radius 3 is 1.43 bits per heavy atom. The minimum atomic E-state index is 0.692. The van der Waals surface area contributed by atoms with E-state index in [0.717, 1.165) is 72.3 Å². The van der Waals surface area contributed by atoms with Crippen molar-refractivity contribution in [3.63, 3.8) is 0 Å². The lowest BCUT2D eigenvalue weighted by molar-refractivity contribution is 1.16. The lowest BCUT2D eigenvalue weighted by Crippen LogP contribution is -1.99. The van der Waals surface area contributed by atoms with E-state index in [1.807, 2.05) is 0 Å². The molecule has 0 N–H and O–H groups in total. The molecule has 14 rings (SSSR count). The number of aromatic nitrogens is 4. The Labute approximate surface area is 392 Å². The zero-order valence-corrected chi connectivity index (χ0v) is 36.9. The van der Waals surface area contributed by atoms with E-state index in [2.05, 4.69) is 252 Å². The van der Waals surface area contributed by atoms with E-state index in [9.17, 15) is 0 Å². The van der Waals surface area contributed by atoms with Crippen LogP contribution in [0.1, 0.15) is 0 Å². The van der Waals surface area contributed by atoms with E-state index in [1.54, 1.807) is 0 Å². The molecule has 0 bridgehead atoms. The number of para-hydroxylation sites is 1. The maximum absolute atomic E-state index is 5.48. The van der Waals surface area contributed by atoms with Crippen molar-refractivity contribution in [3.8, 4) is 56.3 Å². The molecule has 11 aromatic carbocycles. The minimum absolute atomic E-state index is 0.692. The van der Waals surface area contributed by atoms with Crippen molar-refractivity contribution in [1.29, 1.82) is 0 Å². The maximum Gasteiger partial charge on any atom is 0.160 e. The van der Waals surface area contributed by atoms with Crippen molar-refractivity contribution < 1.29 is 0 Å². The molecule has 3 heterocycles. The normalized spacial score (nSPS) is 11.8. The smallest absolute Gasteiger partial charge is 0.160 e. The second kappa shape index (κ2) is 15.2. The second-order valence-electron chi connectivity index (χ2n) is 17.7. The van der Waals surface area contributed by atoms with Crippen molar-refractivity contribution in [2.75, 3.05) is 0 Å². The molecule has 0 aliphatic carbocycles. The summed E-state index contributed by atoms with van der Waals surface area (Å²) in [6.45, 7) is 0. The SMILES string of the molecule is c1ccc(-c2ccc(-c3nc(-c4cccc(-c5ccccc5)c4)c4cc(-n5c6cc7c(cc6c6c8ccccc8ccc65)c5c6ccccc6ccc5n7-c5ccccc5)ccc4n3)cc2)cc1. The third-order valence-corrected chi connectivity index (χ3v) is 13.9. The predicted octanol–water partition coefficient (Wildman–Crippen LogP) is 16.8. The van der Waals surface area contributed by atoms with Gasteiger partial charge < -0.3 is 9.13 Å². The summed E-state index contributed by atoms with van der Waals surface area (Å²) in [5.74, 6) is 0.692. The molecule has 0 unspecified atom stereocenters. The first-order valence-corrected chi connectivity index (χ1v) is 23.2. The highest BCUT2D eigenvalue weighted by molar-refractivity contribution is 6.28. The standard InChI is InChI=1S/C64H40N4/c1-4-15-41(16-5-1)43-27-29-46(30-28-43)64-65-56-34-33-50(38-53(56)63(66-64)48-22-14-21-47(37-48)42-17-6-2-7-18-42)68-58-36-32-45-20-11-13-26-52(45)62(58)55-39-54-59(40-60(55)68)67(49-23-8-3-9-24-49)57-35-31-44-19-10-12-25-51(44)61(54)57/h1-40H. The van der Waals surface area contributed by atoms with Crippen LogP contribution in [0.3, 0.4) is 0 Å². The molecule has 0 aliphatic rings. The first-order chi connectivity index (χ1) is 33.7. The van der Waals surface area contributed by atoms with Crippen molar-refractivity contribution in [1.82, 2.24) is 19.1 Å². The number of rotatable bonds is 6. The van der Waals surface area contributed by atoms with E-state index in [0.29, 0.717) is 5.82 Å². The first-order valence-electron chi connectivity index (χ1n) is 23.2. The average molecular weight is 865 g/mol. The van der Waals surface area contributed by atoms with Crippen LogP contribution in [0, 0.1) is 0 Å². The molecule has 68 heavy (non-hydrogen) atoms. The largest absolute Gasteiger partial charge is 0.309 e. The summed E-state index contributed by atoms with van der Waals surface area (Å²) in [5, 5.41) is 10.9. The van der Waals surface area contributed by atoms with Gasteiger partial charge in [0.25, 0.3) is 0 Å². The van der Waals surface area contributed by atoms with Gasteiger partial charge in [0.2, 0.25) is 0 Å². The zero-order chi connectivity index (χ0) is 44.7. The number of hydrogen-bond acceptors (Lipinski definition) is 2. The topological polar surface area (TPSA) is 35.6 Å². The molecule has 14 aromatic rings. The van der Waals surface area contributed by atoms with Crippen LogP contribution in [0.2, 0.25) is 0 Å². The molecule has 3 aromatic heterocycles. The molecule has 0 amide bonds. The Bertz CT molecular complexity index is 4280. The van der Waals surface area contributed by atoms with E-state index in [-0.39, 0.29) is 0 Å². The van der Waals surface area contributed by atoms with Gasteiger partial charge in [0.05, 0.1) is 33.3 Å². The van der Waals surface area contributed by atoms with Crippen LogP contribution in [-0.2, 0) is 0 Å². The number of benzene rings is 11. The monoisotopic (exact) mass is 864 g/mol. The molecule has 0 fully saturated rings. The number of fused-ring (bicyclic) bond motifs is 11. The summed E-state index contributed by atoms with van der Waals surface area (Å²) in [5.41, 5.74) is 15.2. The van der Waals surface area contributed by atoms with Gasteiger partial charge in [0.1, 0.15) is 0 Å². The van der Waals surface area contributed by atoms with Crippen LogP contribution in [0.5, 0.6) is 0 Å². The highest BCUT2D eigenvalue weighted by Gasteiger charge is 2.22. The first kappa shape index (κ1) is 38.2. The third-order valence-electron chi connectivity index (χ3n) is 13.9. The van der Waals surface area contributed by atoms with Gasteiger partial charge in [0.15, 0.2) is 5.82 Å². The zero-order valence-electron chi connectivity index (χ0n) is 36.9. The highest BCUT2D eigenvalue weighted by atomic mass is 15.0. The average Bonchev–Trinajstić information content (AvgIpc) is 3.93. The van der Waals surface area contributed by atoms with Crippen LogP contribution in [0.25, 0.3) is 132 Å². The predicted molar refractivity (Wildman–Crippen MR) is 285 cm³/mol. The summed E-state index contributed by atoms with van der Waals surface area (Å²) in [4.78, 5) is 10.8. The van der Waals surface area contributed by atoms with E-state index < -0.39 is 0 Å². The fraction of sp³-hybridized carbons (Fsp3) is 0. The molecule has 0 atom stereocenters. The molecule has 0 saturated carbocycles. The third kappa shape index (κ3) is 6.01. The molecule has 4 heteroatoms. The van der Waals surface area contributed by atoms with Crippen LogP contribution in [-0.4, -0.2) is 19.1 Å². The van der Waals surface area contributed by atoms with Gasteiger partial charge in [0, 0.05) is 49.4 Å². The molecule has 0 aliphatic heterocycles. The lowest BCUT2D eigenvalue weighted by atomic mass is 9.99. The number of hydrogen-bond donors (Lipinski definition) is 0. The number of nitrogens with zero attached hydrogens (tertiary/aromatic N) is 4. The Hall–Kier alpha value is -9.12. The molecule has 4 nitrogen and oxygen atoms in total. The molecule has 0 saturated heterocycles. The van der Waals surface area contributed by atoms with Gasteiger partial charge in [-0.2, -0.15) is 0 Å². The molecular weight excluding hydrogens is 825 g/mol. The fourth-order valence-electron chi connectivity index (χ4n) is 10.7. The van der Waals surface area contributed by atoms with Gasteiger partial charge in [-0.3, -0.25) is 0 Å². The highest BCUT2D eigenvalue weighted by Crippen LogP contribution is 2.44. The molecule has 316 valence electrons. The lowest BCUT2D eigenvalue weighted by Gasteiger charge is -2.14. The van der Waals surface area contributed by atoms with Gasteiger partial charge in [-0.25, -0.2) is 9.97 Å². The van der Waals surface area contributed by atoms with Crippen LogP contribution < -0.4 is 0 Å². The Morgan fingerprint density at radius 2 is 0.779 bits per heavy atom. The summed E-state index contributed by atoms with van der Waals surface area (Å²) in [6.07, 6.45) is 0. The molecule has 0 radical (unpaired) electrons. The van der Waals surface area contributed by atoms with Crippen molar-refractivity contribution in [2.24, 2.45) is 0 Å². The van der Waals surface area contributed by atoms with Crippen molar-refractivity contribution in [2.45, 2.75) is 0 Å². The van der Waals surface area contributed by atoms with Crippen LogP contribution in [0.15, 0.2) is 243 Å². The van der Waals surface area contributed by atoms with E-state index in [1.165, 1.54) is 54.2 Å². The quantitative estimate of drug-likeness (QED) is 0.167. The molecular formula is C64H40N4. The van der Waals surface area contributed by atoms with Gasteiger partial charge in [-0.1, -0.05) is 182 Å². The van der Waals surface area contributed by atoms with Gasteiger partial charge >= 0.3 is 0 Å². The summed E-state index contributed by atoms with van der Waals surface area (Å²) >= 11 is 0. The summed E-state index contributed by atoms with van der Waals surface area (Å²) < 4.78 is 4.90. The fourth-order valence-corrected chi connectivity index (χ4v) is 10.7. The second-order valence-corrected chi connectivity index (χ2v) is 17.7. The Balaban J connectivity index is 1.05. The van der Waals surface area contributed by atoms with Gasteiger partial charge in [-0.15, -0.1) is 0 Å². The van der Waals surface area contributed by atoms with E-state index in [4.69, 9.17) is 9.97 Å². The van der Waals surface area contributed by atoms with Crippen molar-refractivity contribution in [3.05, 3.63) is 243 Å². The molecule has 0 spiro atoms. The van der Waals surface area contributed by atoms with Gasteiger partial charge in [-0.05, 0) is 104 Å². The minimum Gasteiger partial charge on any atom is -0.309 e. The van der Waals surface area contributed by atoms with Crippen LogP contribution in [0.4, 0.5) is 0 Å². The van der Waals surface area contributed by atoms with Crippen molar-refractivity contribution >= 4 is 76.1 Å². The summed E-state index contributed by atoms with van der Waals surface area (Å²) in [7, 11) is 0. The maximum atomic E-state index is 5.48. The van der Waals surface area contributed by atoms with E-state index >= 15 is 0 Å². The Kier molecular flexibility index (Phi) is 8.55. The summed E-state index contributed by atoms with van der Waals surface area (Å²) in [6, 6.07) is 87.5.